The Morgan fingerprint density at radius 3 is 2.69 bits per heavy atom. The van der Waals surface area contributed by atoms with Crippen LogP contribution in [-0.4, -0.2) is 18.6 Å². The van der Waals surface area contributed by atoms with Crippen molar-refractivity contribution in [1.82, 2.24) is 5.32 Å². The van der Waals surface area contributed by atoms with Crippen LogP contribution < -0.4 is 5.32 Å². The number of nitrogens with one attached hydrogen (secondary N) is 1. The average molecular weight is 206 g/mol. The molecule has 76 valence electrons. The maximum absolute atomic E-state index is 11.2. The third kappa shape index (κ3) is 5.53. The molecule has 0 bridgehead atoms. The Labute approximate surface area is 84.1 Å². The van der Waals surface area contributed by atoms with Crippen LogP contribution in [0.4, 0.5) is 0 Å². The van der Waals surface area contributed by atoms with Crippen LogP contribution in [0.1, 0.15) is 27.2 Å². The summed E-state index contributed by atoms with van der Waals surface area (Å²) in [6, 6.07) is 0.135. The Morgan fingerprint density at radius 1 is 1.62 bits per heavy atom. The Hall–Kier alpha value is -0.700. The van der Waals surface area contributed by atoms with Crippen molar-refractivity contribution >= 4 is 17.5 Å². The summed E-state index contributed by atoms with van der Waals surface area (Å²) in [6.45, 7) is 6.24. The van der Waals surface area contributed by atoms with Gasteiger partial charge in [-0.25, -0.2) is 0 Å². The lowest BCUT2D eigenvalue weighted by Gasteiger charge is -2.10. The fourth-order valence-electron chi connectivity index (χ4n) is 0.605. The molecule has 0 aromatic carbocycles. The quantitative estimate of drug-likeness (QED) is 0.551. The van der Waals surface area contributed by atoms with Crippen LogP contribution in [0, 0.1) is 0 Å². The van der Waals surface area contributed by atoms with Crippen molar-refractivity contribution < 1.29 is 9.53 Å². The predicted molar refractivity (Wildman–Crippen MR) is 53.5 cm³/mol. The summed E-state index contributed by atoms with van der Waals surface area (Å²) in [7, 11) is 0. The van der Waals surface area contributed by atoms with Crippen LogP contribution >= 0.6 is 11.6 Å². The zero-order valence-corrected chi connectivity index (χ0v) is 9.02. The van der Waals surface area contributed by atoms with Gasteiger partial charge in [0.05, 0.1) is 6.61 Å². The summed E-state index contributed by atoms with van der Waals surface area (Å²) in [5, 5.41) is 2.80. The smallest absolute Gasteiger partial charge is 0.266 e. The zero-order valence-electron chi connectivity index (χ0n) is 8.26. The summed E-state index contributed by atoms with van der Waals surface area (Å²) >= 11 is 5.64. The molecule has 0 radical (unpaired) electrons. The summed E-state index contributed by atoms with van der Waals surface area (Å²) in [6.07, 6.45) is 2.14. The van der Waals surface area contributed by atoms with Crippen molar-refractivity contribution in [3.63, 3.8) is 0 Å². The predicted octanol–water partition coefficient (Wildman–Crippen LogP) is 2.02. The SMILES string of the molecule is CCOC=C(Cl)C(=O)NC(C)CC. The molecule has 1 amide bonds. The van der Waals surface area contributed by atoms with Crippen molar-refractivity contribution in [2.75, 3.05) is 6.61 Å². The molecule has 13 heavy (non-hydrogen) atoms. The molecule has 1 N–H and O–H groups in total. The largest absolute Gasteiger partial charge is 0.500 e. The van der Waals surface area contributed by atoms with Gasteiger partial charge in [0.25, 0.3) is 5.91 Å². The molecule has 0 rings (SSSR count). The molecule has 1 unspecified atom stereocenters. The molecule has 3 nitrogen and oxygen atoms in total. The standard InChI is InChI=1S/C9H16ClNO2/c1-4-7(3)11-9(12)8(10)6-13-5-2/h6-7H,4-5H2,1-3H3,(H,11,12). The third-order valence-corrected chi connectivity index (χ3v) is 1.82. The Kier molecular flexibility index (Phi) is 6.41. The lowest BCUT2D eigenvalue weighted by Crippen LogP contribution is -2.32. The highest BCUT2D eigenvalue weighted by Crippen LogP contribution is 2.02. The highest BCUT2D eigenvalue weighted by molar-refractivity contribution is 6.42. The van der Waals surface area contributed by atoms with E-state index in [1.165, 1.54) is 6.26 Å². The van der Waals surface area contributed by atoms with Crippen LogP contribution in [0.5, 0.6) is 0 Å². The molecule has 0 aliphatic carbocycles. The minimum absolute atomic E-state index is 0.0853. The molecule has 0 fully saturated rings. The first-order valence-electron chi connectivity index (χ1n) is 4.39. The van der Waals surface area contributed by atoms with Crippen LogP contribution in [0.15, 0.2) is 11.3 Å². The van der Waals surface area contributed by atoms with Crippen molar-refractivity contribution in [1.29, 1.82) is 0 Å². The van der Waals surface area contributed by atoms with Crippen LogP contribution in [0.3, 0.4) is 0 Å². The van der Waals surface area contributed by atoms with Crippen LogP contribution in [0.2, 0.25) is 0 Å². The van der Waals surface area contributed by atoms with Crippen molar-refractivity contribution in [3.05, 3.63) is 11.3 Å². The van der Waals surface area contributed by atoms with Crippen molar-refractivity contribution in [2.45, 2.75) is 33.2 Å². The van der Waals surface area contributed by atoms with Crippen LogP contribution in [0.25, 0.3) is 0 Å². The van der Waals surface area contributed by atoms with E-state index in [4.69, 9.17) is 16.3 Å². The van der Waals surface area contributed by atoms with E-state index in [0.717, 1.165) is 6.42 Å². The van der Waals surface area contributed by atoms with Gasteiger partial charge in [-0.2, -0.15) is 0 Å². The number of hydrogen-bond acceptors (Lipinski definition) is 2. The molecule has 0 spiro atoms. The highest BCUT2D eigenvalue weighted by atomic mass is 35.5. The van der Waals surface area contributed by atoms with Gasteiger partial charge in [0.1, 0.15) is 11.3 Å². The lowest BCUT2D eigenvalue weighted by molar-refractivity contribution is -0.117. The molecular formula is C9H16ClNO2. The minimum Gasteiger partial charge on any atom is -0.500 e. The fourth-order valence-corrected chi connectivity index (χ4v) is 0.722. The first-order chi connectivity index (χ1) is 6.11. The fraction of sp³-hybridized carbons (Fsp3) is 0.667. The van der Waals surface area contributed by atoms with Gasteiger partial charge in [-0.05, 0) is 20.3 Å². The van der Waals surface area contributed by atoms with E-state index in [0.29, 0.717) is 6.61 Å². The number of carbonyl (C=O) groups excluding carboxylic acids is 1. The van der Waals surface area contributed by atoms with Crippen molar-refractivity contribution in [3.8, 4) is 0 Å². The van der Waals surface area contributed by atoms with Gasteiger partial charge < -0.3 is 10.1 Å². The highest BCUT2D eigenvalue weighted by Gasteiger charge is 2.08. The van der Waals surface area contributed by atoms with Gasteiger partial charge in [0.15, 0.2) is 0 Å². The second-order valence-corrected chi connectivity index (χ2v) is 3.11. The third-order valence-electron chi connectivity index (χ3n) is 1.56. The Morgan fingerprint density at radius 2 is 2.23 bits per heavy atom. The van der Waals surface area contributed by atoms with E-state index in [1.54, 1.807) is 0 Å². The first-order valence-corrected chi connectivity index (χ1v) is 4.77. The maximum Gasteiger partial charge on any atom is 0.266 e. The molecule has 0 aliphatic heterocycles. The van der Waals surface area contributed by atoms with E-state index < -0.39 is 0 Å². The molecule has 0 aliphatic rings. The molecule has 0 heterocycles. The molecule has 4 heteroatoms. The van der Waals surface area contributed by atoms with Gasteiger partial charge in [-0.3, -0.25) is 4.79 Å². The van der Waals surface area contributed by atoms with Gasteiger partial charge in [0.2, 0.25) is 0 Å². The van der Waals surface area contributed by atoms with E-state index in [2.05, 4.69) is 5.32 Å². The molecule has 0 aromatic rings. The van der Waals surface area contributed by atoms with Gasteiger partial charge in [-0.15, -0.1) is 0 Å². The lowest BCUT2D eigenvalue weighted by atomic mass is 10.2. The van der Waals surface area contributed by atoms with Crippen LogP contribution in [-0.2, 0) is 9.53 Å². The first kappa shape index (κ1) is 12.3. The average Bonchev–Trinajstić information content (AvgIpc) is 2.13. The summed E-state index contributed by atoms with van der Waals surface area (Å²) in [5.41, 5.74) is 0. The topological polar surface area (TPSA) is 38.3 Å². The molecule has 0 saturated heterocycles. The Balaban J connectivity index is 3.95. The monoisotopic (exact) mass is 205 g/mol. The summed E-state index contributed by atoms with van der Waals surface area (Å²) in [5.74, 6) is -0.288. The molecular weight excluding hydrogens is 190 g/mol. The number of halogens is 1. The Bertz CT molecular complexity index is 192. The second-order valence-electron chi connectivity index (χ2n) is 2.70. The number of rotatable bonds is 5. The maximum atomic E-state index is 11.2. The number of carbonyl (C=O) groups is 1. The number of ether oxygens (including phenoxy) is 1. The summed E-state index contributed by atoms with van der Waals surface area (Å²) < 4.78 is 4.88. The van der Waals surface area contributed by atoms with Crippen molar-refractivity contribution in [2.24, 2.45) is 0 Å². The second kappa shape index (κ2) is 6.78. The van der Waals surface area contributed by atoms with Gasteiger partial charge in [-0.1, -0.05) is 18.5 Å². The number of amides is 1. The van der Waals surface area contributed by atoms with E-state index in [-0.39, 0.29) is 17.0 Å². The van der Waals surface area contributed by atoms with E-state index in [9.17, 15) is 4.79 Å². The zero-order chi connectivity index (χ0) is 10.3. The number of hydrogen-bond donors (Lipinski definition) is 1. The molecule has 0 aromatic heterocycles. The molecule has 0 saturated carbocycles. The van der Waals surface area contributed by atoms with Gasteiger partial charge in [0, 0.05) is 6.04 Å². The van der Waals surface area contributed by atoms with E-state index >= 15 is 0 Å². The van der Waals surface area contributed by atoms with Gasteiger partial charge >= 0.3 is 0 Å². The minimum atomic E-state index is -0.288. The summed E-state index contributed by atoms with van der Waals surface area (Å²) in [4.78, 5) is 11.2. The normalized spacial score (nSPS) is 13.7. The van der Waals surface area contributed by atoms with E-state index in [1.807, 2.05) is 20.8 Å². The molecule has 1 atom stereocenters.